The molecule has 0 radical (unpaired) electrons. The van der Waals surface area contributed by atoms with Gasteiger partial charge < -0.3 is 24.8 Å². The zero-order valence-corrected chi connectivity index (χ0v) is 13.9. The van der Waals surface area contributed by atoms with Gasteiger partial charge in [0, 0.05) is 19.9 Å². The van der Waals surface area contributed by atoms with Gasteiger partial charge in [-0.1, -0.05) is 0 Å². The van der Waals surface area contributed by atoms with E-state index in [2.05, 4.69) is 10.6 Å². The third-order valence-electron chi connectivity index (χ3n) is 4.13. The van der Waals surface area contributed by atoms with Gasteiger partial charge >= 0.3 is 0 Å². The molecule has 0 aliphatic carbocycles. The molecule has 2 N–H and O–H groups in total. The average molecular weight is 322 g/mol. The Bertz CT molecular complexity index is 478. The smallest absolute Gasteiger partial charge is 0.233 e. The fourth-order valence-corrected chi connectivity index (χ4v) is 2.76. The number of nitrogens with one attached hydrogen (secondary N) is 2. The molecule has 1 aliphatic heterocycles. The van der Waals surface area contributed by atoms with Crippen molar-refractivity contribution in [2.45, 2.75) is 12.8 Å². The molecule has 6 heteroatoms. The lowest BCUT2D eigenvalue weighted by Gasteiger charge is -2.35. The summed E-state index contributed by atoms with van der Waals surface area (Å²) in [5.41, 5.74) is 0.316. The van der Waals surface area contributed by atoms with E-state index in [0.717, 1.165) is 37.4 Å². The van der Waals surface area contributed by atoms with Gasteiger partial charge in [-0.3, -0.25) is 4.79 Å². The maximum Gasteiger partial charge on any atom is 0.233 e. The summed E-state index contributed by atoms with van der Waals surface area (Å²) in [6.07, 6.45) is 1.57. The molecule has 1 amide bonds. The molecule has 1 aliphatic rings. The molecule has 1 heterocycles. The number of piperidine rings is 1. The molecule has 2 rings (SSSR count). The van der Waals surface area contributed by atoms with E-state index >= 15 is 0 Å². The van der Waals surface area contributed by atoms with Crippen molar-refractivity contribution in [3.63, 3.8) is 0 Å². The lowest BCUT2D eigenvalue weighted by atomic mass is 9.78. The molecule has 1 saturated heterocycles. The highest BCUT2D eigenvalue weighted by Crippen LogP contribution is 2.31. The first-order valence-electron chi connectivity index (χ1n) is 7.93. The van der Waals surface area contributed by atoms with E-state index in [1.54, 1.807) is 14.2 Å². The summed E-state index contributed by atoms with van der Waals surface area (Å²) in [7, 11) is 3.28. The van der Waals surface area contributed by atoms with Crippen molar-refractivity contribution in [2.24, 2.45) is 5.41 Å². The Morgan fingerprint density at radius 1 is 1.13 bits per heavy atom. The van der Waals surface area contributed by atoms with Crippen LogP contribution in [-0.2, 0) is 14.3 Å². The van der Waals surface area contributed by atoms with Crippen LogP contribution < -0.4 is 15.4 Å². The van der Waals surface area contributed by atoms with Crippen LogP contribution in [0.15, 0.2) is 24.3 Å². The van der Waals surface area contributed by atoms with Gasteiger partial charge in [0.05, 0.1) is 18.6 Å². The maximum absolute atomic E-state index is 12.7. The average Bonchev–Trinajstić information content (AvgIpc) is 2.58. The van der Waals surface area contributed by atoms with Gasteiger partial charge in [-0.15, -0.1) is 0 Å². The van der Waals surface area contributed by atoms with Crippen LogP contribution in [-0.4, -0.2) is 53.0 Å². The number of methoxy groups -OCH3 is 2. The molecule has 1 aromatic carbocycles. The van der Waals surface area contributed by atoms with E-state index in [0.29, 0.717) is 19.8 Å². The Balaban J connectivity index is 1.95. The molecule has 0 bridgehead atoms. The molecule has 0 spiro atoms. The van der Waals surface area contributed by atoms with Crippen molar-refractivity contribution in [3.05, 3.63) is 24.3 Å². The van der Waals surface area contributed by atoms with Crippen molar-refractivity contribution >= 4 is 11.6 Å². The molecular formula is C17H26N2O4. The molecule has 23 heavy (non-hydrogen) atoms. The monoisotopic (exact) mass is 322 g/mol. The summed E-state index contributed by atoms with van der Waals surface area (Å²) >= 11 is 0. The number of hydrogen-bond acceptors (Lipinski definition) is 5. The Labute approximate surface area is 137 Å². The van der Waals surface area contributed by atoms with Crippen molar-refractivity contribution in [1.82, 2.24) is 5.32 Å². The van der Waals surface area contributed by atoms with Crippen LogP contribution in [0.1, 0.15) is 12.8 Å². The molecule has 1 fully saturated rings. The number of carbonyl (C=O) groups is 1. The number of amides is 1. The van der Waals surface area contributed by atoms with Crippen molar-refractivity contribution < 1.29 is 19.0 Å². The van der Waals surface area contributed by atoms with E-state index in [-0.39, 0.29) is 5.91 Å². The van der Waals surface area contributed by atoms with E-state index in [9.17, 15) is 4.79 Å². The number of rotatable bonds is 8. The molecule has 128 valence electrons. The standard InChI is InChI=1S/C17H26N2O4/c1-21-11-12-23-15-5-3-14(4-6-15)19-16(20)17(13-22-2)7-9-18-10-8-17/h3-6,18H,7-13H2,1-2H3,(H,19,20). The molecule has 0 unspecified atom stereocenters. The fraction of sp³-hybridized carbons (Fsp3) is 0.588. The Morgan fingerprint density at radius 3 is 2.43 bits per heavy atom. The van der Waals surface area contributed by atoms with Gasteiger partial charge in [0.25, 0.3) is 0 Å². The summed E-state index contributed by atoms with van der Waals surface area (Å²) in [6, 6.07) is 7.39. The number of anilines is 1. The summed E-state index contributed by atoms with van der Waals surface area (Å²) in [5.74, 6) is 0.780. The predicted octanol–water partition coefficient (Wildman–Crippen LogP) is 1.67. The SMILES string of the molecule is COCCOc1ccc(NC(=O)C2(COC)CCNCC2)cc1. The second-order valence-corrected chi connectivity index (χ2v) is 5.78. The minimum atomic E-state index is -0.451. The topological polar surface area (TPSA) is 68.8 Å². The number of hydrogen-bond donors (Lipinski definition) is 2. The van der Waals surface area contributed by atoms with Gasteiger partial charge in [0.2, 0.25) is 5.91 Å². The third kappa shape index (κ3) is 4.92. The van der Waals surface area contributed by atoms with E-state index in [1.807, 2.05) is 24.3 Å². The zero-order valence-electron chi connectivity index (χ0n) is 13.9. The quantitative estimate of drug-likeness (QED) is 0.713. The van der Waals surface area contributed by atoms with Gasteiger partial charge in [0.15, 0.2) is 0 Å². The second-order valence-electron chi connectivity index (χ2n) is 5.78. The van der Waals surface area contributed by atoms with Crippen LogP contribution in [0, 0.1) is 5.41 Å². The van der Waals surface area contributed by atoms with Crippen LogP contribution in [0.4, 0.5) is 5.69 Å². The van der Waals surface area contributed by atoms with Crippen molar-refractivity contribution in [2.75, 3.05) is 52.4 Å². The van der Waals surface area contributed by atoms with Gasteiger partial charge in [-0.05, 0) is 50.2 Å². The first-order valence-corrected chi connectivity index (χ1v) is 7.93. The third-order valence-corrected chi connectivity index (χ3v) is 4.13. The van der Waals surface area contributed by atoms with Crippen LogP contribution in [0.2, 0.25) is 0 Å². The predicted molar refractivity (Wildman–Crippen MR) is 88.9 cm³/mol. The largest absolute Gasteiger partial charge is 0.491 e. The lowest BCUT2D eigenvalue weighted by Crippen LogP contribution is -2.47. The van der Waals surface area contributed by atoms with Crippen LogP contribution >= 0.6 is 0 Å². The number of ether oxygens (including phenoxy) is 3. The molecule has 0 atom stereocenters. The fourth-order valence-electron chi connectivity index (χ4n) is 2.76. The van der Waals surface area contributed by atoms with Crippen molar-refractivity contribution in [3.8, 4) is 5.75 Å². The molecule has 1 aromatic rings. The molecular weight excluding hydrogens is 296 g/mol. The number of benzene rings is 1. The van der Waals surface area contributed by atoms with Crippen LogP contribution in [0.3, 0.4) is 0 Å². The Kier molecular flexibility index (Phi) is 6.83. The van der Waals surface area contributed by atoms with E-state index < -0.39 is 5.41 Å². The Hall–Kier alpha value is -1.63. The minimum absolute atomic E-state index is 0.0221. The normalized spacial score (nSPS) is 16.8. The Morgan fingerprint density at radius 2 is 1.83 bits per heavy atom. The first-order chi connectivity index (χ1) is 11.2. The van der Waals surface area contributed by atoms with Gasteiger partial charge in [-0.25, -0.2) is 0 Å². The van der Waals surface area contributed by atoms with Crippen LogP contribution in [0.5, 0.6) is 5.75 Å². The highest BCUT2D eigenvalue weighted by Gasteiger charge is 2.39. The molecule has 6 nitrogen and oxygen atoms in total. The maximum atomic E-state index is 12.7. The van der Waals surface area contributed by atoms with E-state index in [4.69, 9.17) is 14.2 Å². The second kappa shape index (κ2) is 8.86. The summed E-state index contributed by atoms with van der Waals surface area (Å²) < 4.78 is 15.8. The van der Waals surface area contributed by atoms with Gasteiger partial charge in [0.1, 0.15) is 12.4 Å². The molecule has 0 saturated carbocycles. The summed E-state index contributed by atoms with van der Waals surface area (Å²) in [6.45, 7) is 3.17. The first kappa shape index (κ1) is 17.7. The highest BCUT2D eigenvalue weighted by atomic mass is 16.5. The summed E-state index contributed by atoms with van der Waals surface area (Å²) in [4.78, 5) is 12.7. The number of carbonyl (C=O) groups excluding carboxylic acids is 1. The molecule has 0 aromatic heterocycles. The van der Waals surface area contributed by atoms with E-state index in [1.165, 1.54) is 0 Å². The lowest BCUT2D eigenvalue weighted by molar-refractivity contribution is -0.130. The summed E-state index contributed by atoms with van der Waals surface area (Å²) in [5, 5.41) is 6.29. The zero-order chi connectivity index (χ0) is 16.5. The highest BCUT2D eigenvalue weighted by molar-refractivity contribution is 5.95. The van der Waals surface area contributed by atoms with Crippen LogP contribution in [0.25, 0.3) is 0 Å². The minimum Gasteiger partial charge on any atom is -0.491 e. The van der Waals surface area contributed by atoms with Crippen molar-refractivity contribution in [1.29, 1.82) is 0 Å². The van der Waals surface area contributed by atoms with Gasteiger partial charge in [-0.2, -0.15) is 0 Å².